The van der Waals surface area contributed by atoms with Gasteiger partial charge < -0.3 is 15.0 Å². The van der Waals surface area contributed by atoms with Gasteiger partial charge in [-0.2, -0.15) is 4.98 Å². The fourth-order valence-corrected chi connectivity index (χ4v) is 3.66. The van der Waals surface area contributed by atoms with Gasteiger partial charge in [0.05, 0.1) is 30.8 Å². The van der Waals surface area contributed by atoms with Crippen molar-refractivity contribution in [1.82, 2.24) is 9.97 Å². The lowest BCUT2D eigenvalue weighted by atomic mass is 10.1. The number of sulfonamides is 1. The number of nitrogens with one attached hydrogen (secondary N) is 1. The zero-order valence-electron chi connectivity index (χ0n) is 14.5. The van der Waals surface area contributed by atoms with Crippen LogP contribution in [0.1, 0.15) is 11.1 Å². The van der Waals surface area contributed by atoms with Crippen LogP contribution in [0.25, 0.3) is 0 Å². The van der Waals surface area contributed by atoms with Gasteiger partial charge in [-0.1, -0.05) is 6.07 Å². The number of primary sulfonamides is 1. The summed E-state index contributed by atoms with van der Waals surface area (Å²) in [6, 6.07) is 3.20. The highest BCUT2D eigenvalue weighted by molar-refractivity contribution is 7.89. The van der Waals surface area contributed by atoms with Crippen LogP contribution in [-0.2, 0) is 14.8 Å². The molecule has 0 amide bonds. The van der Waals surface area contributed by atoms with Crippen LogP contribution in [0.4, 0.5) is 17.2 Å². The first-order chi connectivity index (χ1) is 12.3. The maximum Gasteiger partial charge on any atom is 0.240 e. The maximum absolute atomic E-state index is 12.0. The smallest absolute Gasteiger partial charge is 0.240 e. The molecule has 26 heavy (non-hydrogen) atoms. The fraction of sp³-hybridized carbons (Fsp3) is 0.375. The second kappa shape index (κ2) is 7.36. The van der Waals surface area contributed by atoms with Crippen LogP contribution in [0.5, 0.6) is 0 Å². The molecule has 0 atom stereocenters. The molecule has 3 rings (SSSR count). The van der Waals surface area contributed by atoms with Crippen LogP contribution in [-0.4, -0.2) is 44.7 Å². The standard InChI is InChI=1S/C16H20ClN5O3S/c1-10-3-4-13(26(18,23)24)14(11(10)2)20-15-12(9-19-16(17)21-15)22-5-7-25-8-6-22/h3-4,9H,5-8H2,1-2H3,(H2,18,23,24)(H,19,20,21). The first kappa shape index (κ1) is 18.8. The highest BCUT2D eigenvalue weighted by Crippen LogP contribution is 2.33. The molecule has 1 fully saturated rings. The Morgan fingerprint density at radius 3 is 2.62 bits per heavy atom. The molecular formula is C16H20ClN5O3S. The first-order valence-corrected chi connectivity index (χ1v) is 9.95. The topological polar surface area (TPSA) is 110 Å². The number of hydrogen-bond donors (Lipinski definition) is 2. The summed E-state index contributed by atoms with van der Waals surface area (Å²) in [4.78, 5) is 10.4. The molecule has 3 N–H and O–H groups in total. The molecule has 1 aromatic carbocycles. The average molecular weight is 398 g/mol. The molecule has 0 unspecified atom stereocenters. The van der Waals surface area contributed by atoms with Gasteiger partial charge in [0.25, 0.3) is 0 Å². The van der Waals surface area contributed by atoms with Crippen LogP contribution < -0.4 is 15.4 Å². The van der Waals surface area contributed by atoms with E-state index in [0.717, 1.165) is 16.8 Å². The van der Waals surface area contributed by atoms with Gasteiger partial charge in [-0.05, 0) is 42.6 Å². The summed E-state index contributed by atoms with van der Waals surface area (Å²) >= 11 is 5.97. The summed E-state index contributed by atoms with van der Waals surface area (Å²) in [7, 11) is -3.91. The summed E-state index contributed by atoms with van der Waals surface area (Å²) in [5.74, 6) is 0.422. The lowest BCUT2D eigenvalue weighted by Gasteiger charge is -2.30. The van der Waals surface area contributed by atoms with Crippen molar-refractivity contribution in [3.63, 3.8) is 0 Å². The zero-order chi connectivity index (χ0) is 18.9. The average Bonchev–Trinajstić information content (AvgIpc) is 2.59. The molecule has 0 spiro atoms. The van der Waals surface area contributed by atoms with Gasteiger partial charge in [-0.25, -0.2) is 18.5 Å². The van der Waals surface area contributed by atoms with Crippen molar-refractivity contribution in [2.45, 2.75) is 18.7 Å². The van der Waals surface area contributed by atoms with Gasteiger partial charge in [0.1, 0.15) is 4.90 Å². The number of nitrogens with two attached hydrogens (primary N) is 1. The lowest BCUT2D eigenvalue weighted by molar-refractivity contribution is 0.122. The second-order valence-electron chi connectivity index (χ2n) is 6.02. The summed E-state index contributed by atoms with van der Waals surface area (Å²) in [5.41, 5.74) is 2.79. The largest absolute Gasteiger partial charge is 0.378 e. The van der Waals surface area contributed by atoms with E-state index in [9.17, 15) is 8.42 Å². The first-order valence-electron chi connectivity index (χ1n) is 8.02. The van der Waals surface area contributed by atoms with E-state index in [1.165, 1.54) is 6.07 Å². The Morgan fingerprint density at radius 2 is 1.96 bits per heavy atom. The Labute approximate surface area is 157 Å². The van der Waals surface area contributed by atoms with E-state index in [2.05, 4.69) is 20.2 Å². The number of halogens is 1. The molecule has 1 aliphatic rings. The van der Waals surface area contributed by atoms with E-state index in [1.54, 1.807) is 12.3 Å². The molecule has 2 aromatic rings. The third kappa shape index (κ3) is 3.90. The highest BCUT2D eigenvalue weighted by atomic mass is 35.5. The molecule has 8 nitrogen and oxygen atoms in total. The molecule has 1 aromatic heterocycles. The lowest BCUT2D eigenvalue weighted by Crippen LogP contribution is -2.36. The molecule has 0 aliphatic carbocycles. The number of rotatable bonds is 4. The van der Waals surface area contributed by atoms with E-state index >= 15 is 0 Å². The number of aromatic nitrogens is 2. The van der Waals surface area contributed by atoms with Crippen LogP contribution in [0, 0.1) is 13.8 Å². The van der Waals surface area contributed by atoms with Gasteiger partial charge >= 0.3 is 0 Å². The Balaban J connectivity index is 2.09. The summed E-state index contributed by atoms with van der Waals surface area (Å²) in [5, 5.41) is 8.57. The van der Waals surface area contributed by atoms with Crippen molar-refractivity contribution in [2.24, 2.45) is 5.14 Å². The Kier molecular flexibility index (Phi) is 5.33. The van der Waals surface area contributed by atoms with Crippen molar-refractivity contribution in [2.75, 3.05) is 36.5 Å². The number of aryl methyl sites for hydroxylation is 1. The van der Waals surface area contributed by atoms with E-state index in [1.807, 2.05) is 13.8 Å². The Hall–Kier alpha value is -1.94. The van der Waals surface area contributed by atoms with Crippen LogP contribution >= 0.6 is 11.6 Å². The van der Waals surface area contributed by atoms with Gasteiger partial charge in [0.2, 0.25) is 15.3 Å². The SMILES string of the molecule is Cc1ccc(S(N)(=O)=O)c(Nc2nc(Cl)ncc2N2CCOCC2)c1C. The molecule has 1 aliphatic heterocycles. The number of ether oxygens (including phenoxy) is 1. The molecule has 140 valence electrons. The molecular weight excluding hydrogens is 378 g/mol. The van der Waals surface area contributed by atoms with E-state index in [0.29, 0.717) is 37.8 Å². The van der Waals surface area contributed by atoms with Crippen LogP contribution in [0.15, 0.2) is 23.2 Å². The van der Waals surface area contributed by atoms with E-state index < -0.39 is 10.0 Å². The zero-order valence-corrected chi connectivity index (χ0v) is 16.1. The Morgan fingerprint density at radius 1 is 1.27 bits per heavy atom. The summed E-state index contributed by atoms with van der Waals surface area (Å²) in [6.45, 7) is 6.25. The number of hydrogen-bond acceptors (Lipinski definition) is 7. The molecule has 1 saturated heterocycles. The predicted molar refractivity (Wildman–Crippen MR) is 101 cm³/mol. The number of benzene rings is 1. The molecule has 0 saturated carbocycles. The summed E-state index contributed by atoms with van der Waals surface area (Å²) in [6.07, 6.45) is 1.62. The predicted octanol–water partition coefficient (Wildman–Crippen LogP) is 1.97. The third-order valence-electron chi connectivity index (χ3n) is 4.34. The fourth-order valence-electron chi connectivity index (χ4n) is 2.78. The van der Waals surface area contributed by atoms with Gasteiger partial charge in [0, 0.05) is 13.1 Å². The van der Waals surface area contributed by atoms with Gasteiger partial charge in [-0.3, -0.25) is 0 Å². The minimum absolute atomic E-state index is 0.00302. The normalized spacial score (nSPS) is 15.2. The minimum atomic E-state index is -3.91. The Bertz CT molecular complexity index is 930. The van der Waals surface area contributed by atoms with Crippen molar-refractivity contribution in [3.05, 3.63) is 34.7 Å². The molecule has 0 bridgehead atoms. The highest BCUT2D eigenvalue weighted by Gasteiger charge is 2.21. The number of nitrogens with zero attached hydrogens (tertiary/aromatic N) is 3. The van der Waals surface area contributed by atoms with Crippen molar-refractivity contribution < 1.29 is 13.2 Å². The van der Waals surface area contributed by atoms with Gasteiger partial charge in [-0.15, -0.1) is 0 Å². The van der Waals surface area contributed by atoms with Crippen LogP contribution in [0.2, 0.25) is 5.28 Å². The quantitative estimate of drug-likeness (QED) is 0.758. The van der Waals surface area contributed by atoms with Crippen molar-refractivity contribution in [3.8, 4) is 0 Å². The molecule has 0 radical (unpaired) electrons. The van der Waals surface area contributed by atoms with Crippen molar-refractivity contribution >= 4 is 38.8 Å². The van der Waals surface area contributed by atoms with Crippen LogP contribution in [0.3, 0.4) is 0 Å². The van der Waals surface area contributed by atoms with Gasteiger partial charge in [0.15, 0.2) is 5.82 Å². The number of anilines is 3. The molecule has 10 heteroatoms. The van der Waals surface area contributed by atoms with E-state index in [-0.39, 0.29) is 10.2 Å². The third-order valence-corrected chi connectivity index (χ3v) is 5.47. The monoisotopic (exact) mass is 397 g/mol. The number of morpholine rings is 1. The van der Waals surface area contributed by atoms with Crippen molar-refractivity contribution in [1.29, 1.82) is 0 Å². The summed E-state index contributed by atoms with van der Waals surface area (Å²) < 4.78 is 29.4. The molecule has 2 heterocycles. The maximum atomic E-state index is 12.0. The van der Waals surface area contributed by atoms with E-state index in [4.69, 9.17) is 21.5 Å². The minimum Gasteiger partial charge on any atom is -0.378 e. The second-order valence-corrected chi connectivity index (χ2v) is 7.89.